The van der Waals surface area contributed by atoms with Gasteiger partial charge in [0.1, 0.15) is 0 Å². The first-order valence-electron chi connectivity index (χ1n) is 6.30. The van der Waals surface area contributed by atoms with Crippen molar-refractivity contribution in [2.24, 2.45) is 0 Å². The molecule has 0 unspecified atom stereocenters. The Morgan fingerprint density at radius 2 is 1.95 bits per heavy atom. The zero-order chi connectivity index (χ0) is 14.7. The molecule has 0 radical (unpaired) electrons. The van der Waals surface area contributed by atoms with Gasteiger partial charge >= 0.3 is 5.97 Å². The summed E-state index contributed by atoms with van der Waals surface area (Å²) in [5.74, 6) is -0.917. The summed E-state index contributed by atoms with van der Waals surface area (Å²) < 4.78 is 0.801. The number of halogens is 1. The van der Waals surface area contributed by atoms with Gasteiger partial charge in [0.2, 0.25) is 0 Å². The third-order valence-electron chi connectivity index (χ3n) is 3.16. The molecular formula is C16H16BrNO2. The first-order chi connectivity index (χ1) is 9.47. The fourth-order valence-corrected chi connectivity index (χ4v) is 2.46. The lowest BCUT2D eigenvalue weighted by Gasteiger charge is -2.12. The Kier molecular flexibility index (Phi) is 4.45. The number of hydrogen-bond acceptors (Lipinski definition) is 2. The summed E-state index contributed by atoms with van der Waals surface area (Å²) in [6, 6.07) is 11.3. The van der Waals surface area contributed by atoms with Crippen LogP contribution in [0.1, 0.15) is 27.0 Å². The number of benzene rings is 2. The lowest BCUT2D eigenvalue weighted by Crippen LogP contribution is -2.03. The number of carbonyl (C=O) groups is 1. The van der Waals surface area contributed by atoms with Gasteiger partial charge in [-0.15, -0.1) is 0 Å². The van der Waals surface area contributed by atoms with Crippen LogP contribution in [0.3, 0.4) is 0 Å². The summed E-state index contributed by atoms with van der Waals surface area (Å²) >= 11 is 3.42. The van der Waals surface area contributed by atoms with E-state index >= 15 is 0 Å². The van der Waals surface area contributed by atoms with E-state index in [1.807, 2.05) is 6.07 Å². The van der Waals surface area contributed by atoms with Crippen LogP contribution >= 0.6 is 15.9 Å². The van der Waals surface area contributed by atoms with Crippen LogP contribution in [0.4, 0.5) is 5.69 Å². The van der Waals surface area contributed by atoms with Crippen molar-refractivity contribution in [2.45, 2.75) is 20.4 Å². The van der Waals surface area contributed by atoms with E-state index in [2.05, 4.69) is 53.3 Å². The molecule has 0 amide bonds. The van der Waals surface area contributed by atoms with Crippen molar-refractivity contribution in [1.29, 1.82) is 0 Å². The molecule has 0 aliphatic rings. The lowest BCUT2D eigenvalue weighted by molar-refractivity contribution is 0.0697. The highest BCUT2D eigenvalue weighted by atomic mass is 79.9. The maximum absolute atomic E-state index is 10.9. The number of aromatic carboxylic acids is 1. The van der Waals surface area contributed by atoms with Gasteiger partial charge in [-0.05, 0) is 48.7 Å². The first-order valence-corrected chi connectivity index (χ1v) is 7.09. The molecule has 2 rings (SSSR count). The number of aryl methyl sites for hydroxylation is 2. The molecule has 0 aliphatic heterocycles. The molecule has 2 N–H and O–H groups in total. The van der Waals surface area contributed by atoms with Crippen molar-refractivity contribution < 1.29 is 9.90 Å². The van der Waals surface area contributed by atoms with Crippen molar-refractivity contribution in [3.63, 3.8) is 0 Å². The van der Waals surface area contributed by atoms with E-state index in [-0.39, 0.29) is 5.56 Å². The summed E-state index contributed by atoms with van der Waals surface area (Å²) in [5.41, 5.74) is 4.80. The van der Waals surface area contributed by atoms with Gasteiger partial charge in [-0.2, -0.15) is 0 Å². The molecule has 0 saturated carbocycles. The van der Waals surface area contributed by atoms with Crippen molar-refractivity contribution in [1.82, 2.24) is 0 Å². The summed E-state index contributed by atoms with van der Waals surface area (Å²) in [4.78, 5) is 10.9. The quantitative estimate of drug-likeness (QED) is 0.873. The highest BCUT2D eigenvalue weighted by molar-refractivity contribution is 9.10. The number of carboxylic acid groups (broad SMARTS) is 1. The molecule has 0 spiro atoms. The van der Waals surface area contributed by atoms with Crippen LogP contribution in [-0.4, -0.2) is 11.1 Å². The molecular weight excluding hydrogens is 318 g/mol. The van der Waals surface area contributed by atoms with E-state index in [9.17, 15) is 4.79 Å². The van der Waals surface area contributed by atoms with E-state index in [1.54, 1.807) is 12.1 Å². The molecule has 2 aromatic rings. The molecule has 3 nitrogen and oxygen atoms in total. The third-order valence-corrected chi connectivity index (χ3v) is 3.90. The highest BCUT2D eigenvalue weighted by Gasteiger charge is 2.07. The Balaban J connectivity index is 2.15. The Labute approximate surface area is 126 Å². The standard InChI is InChI=1S/C16H16BrNO2/c1-10-3-4-11(2)15(7-10)18-9-13-6-5-12(16(19)20)8-14(13)17/h3-8,18H,9H2,1-2H3,(H,19,20). The van der Waals surface area contributed by atoms with E-state index in [0.29, 0.717) is 6.54 Å². The van der Waals surface area contributed by atoms with Crippen molar-refractivity contribution >= 4 is 27.6 Å². The van der Waals surface area contributed by atoms with Gasteiger partial charge in [0.05, 0.1) is 5.56 Å². The van der Waals surface area contributed by atoms with Crippen molar-refractivity contribution in [3.05, 3.63) is 63.1 Å². The minimum Gasteiger partial charge on any atom is -0.478 e. The van der Waals surface area contributed by atoms with Gasteiger partial charge in [-0.25, -0.2) is 4.79 Å². The van der Waals surface area contributed by atoms with E-state index < -0.39 is 5.97 Å². The zero-order valence-electron chi connectivity index (χ0n) is 11.4. The monoisotopic (exact) mass is 333 g/mol. The van der Waals surface area contributed by atoms with E-state index in [4.69, 9.17) is 5.11 Å². The minimum absolute atomic E-state index is 0.285. The molecule has 0 heterocycles. The number of hydrogen-bond donors (Lipinski definition) is 2. The molecule has 0 bridgehead atoms. The third kappa shape index (κ3) is 3.39. The maximum Gasteiger partial charge on any atom is 0.335 e. The number of rotatable bonds is 4. The van der Waals surface area contributed by atoms with Crippen LogP contribution in [0.15, 0.2) is 40.9 Å². The Morgan fingerprint density at radius 3 is 2.60 bits per heavy atom. The lowest BCUT2D eigenvalue weighted by atomic mass is 10.1. The van der Waals surface area contributed by atoms with Crippen molar-refractivity contribution in [3.8, 4) is 0 Å². The van der Waals surface area contributed by atoms with Gasteiger partial charge in [0.25, 0.3) is 0 Å². The number of nitrogens with one attached hydrogen (secondary N) is 1. The van der Waals surface area contributed by atoms with E-state index in [0.717, 1.165) is 15.7 Å². The van der Waals surface area contributed by atoms with Crippen molar-refractivity contribution in [2.75, 3.05) is 5.32 Å². The zero-order valence-corrected chi connectivity index (χ0v) is 13.0. The smallest absolute Gasteiger partial charge is 0.335 e. The highest BCUT2D eigenvalue weighted by Crippen LogP contribution is 2.22. The second kappa shape index (κ2) is 6.09. The summed E-state index contributed by atoms with van der Waals surface area (Å²) in [6.07, 6.45) is 0. The van der Waals surface area contributed by atoms with Crippen LogP contribution in [0.5, 0.6) is 0 Å². The number of carboxylic acids is 1. The van der Waals surface area contributed by atoms with E-state index in [1.165, 1.54) is 11.1 Å². The maximum atomic E-state index is 10.9. The molecule has 2 aromatic carbocycles. The van der Waals surface area contributed by atoms with Gasteiger partial charge < -0.3 is 10.4 Å². The number of anilines is 1. The minimum atomic E-state index is -0.917. The summed E-state index contributed by atoms with van der Waals surface area (Å²) in [5, 5.41) is 12.3. The SMILES string of the molecule is Cc1ccc(C)c(NCc2ccc(C(=O)O)cc2Br)c1. The van der Waals surface area contributed by atoms with Crippen LogP contribution in [0.25, 0.3) is 0 Å². The van der Waals surface area contributed by atoms with Gasteiger partial charge in [-0.1, -0.05) is 34.1 Å². The summed E-state index contributed by atoms with van der Waals surface area (Å²) in [6.45, 7) is 4.76. The predicted octanol–water partition coefficient (Wildman–Crippen LogP) is 4.38. The topological polar surface area (TPSA) is 49.3 Å². The van der Waals surface area contributed by atoms with Gasteiger partial charge in [-0.3, -0.25) is 0 Å². The molecule has 104 valence electrons. The molecule has 0 atom stereocenters. The largest absolute Gasteiger partial charge is 0.478 e. The normalized spacial score (nSPS) is 10.3. The van der Waals surface area contributed by atoms with Crippen LogP contribution in [0.2, 0.25) is 0 Å². The molecule has 0 aliphatic carbocycles. The molecule has 0 saturated heterocycles. The average Bonchev–Trinajstić information content (AvgIpc) is 2.40. The fraction of sp³-hybridized carbons (Fsp3) is 0.188. The Hall–Kier alpha value is -1.81. The molecule has 20 heavy (non-hydrogen) atoms. The Bertz CT molecular complexity index is 653. The van der Waals surface area contributed by atoms with Crippen LogP contribution < -0.4 is 5.32 Å². The summed E-state index contributed by atoms with van der Waals surface area (Å²) in [7, 11) is 0. The van der Waals surface area contributed by atoms with Gasteiger partial charge in [0, 0.05) is 16.7 Å². The molecule has 0 fully saturated rings. The van der Waals surface area contributed by atoms with Gasteiger partial charge in [0.15, 0.2) is 0 Å². The second-order valence-corrected chi connectivity index (χ2v) is 5.64. The molecule has 4 heteroatoms. The Morgan fingerprint density at radius 1 is 1.20 bits per heavy atom. The van der Waals surface area contributed by atoms with Crippen LogP contribution in [-0.2, 0) is 6.54 Å². The second-order valence-electron chi connectivity index (χ2n) is 4.78. The first kappa shape index (κ1) is 14.6. The fourth-order valence-electron chi connectivity index (χ4n) is 1.94. The molecule has 0 aromatic heterocycles. The predicted molar refractivity (Wildman–Crippen MR) is 84.3 cm³/mol. The van der Waals surface area contributed by atoms with Crippen LogP contribution in [0, 0.1) is 13.8 Å². The average molecular weight is 334 g/mol.